The van der Waals surface area contributed by atoms with E-state index in [4.69, 9.17) is 0 Å². The molecule has 3 aromatic rings. The van der Waals surface area contributed by atoms with E-state index in [0.717, 1.165) is 38.9 Å². The summed E-state index contributed by atoms with van der Waals surface area (Å²) in [4.78, 5) is 39.9. The summed E-state index contributed by atoms with van der Waals surface area (Å²) in [7, 11) is 0. The van der Waals surface area contributed by atoms with E-state index in [1.807, 2.05) is 58.0 Å². The number of hydrazine groups is 1. The molecule has 0 aliphatic carbocycles. The number of hydrogen-bond acceptors (Lipinski definition) is 3. The Labute approximate surface area is 187 Å². The molecule has 168 valence electrons. The molecule has 1 heterocycles. The third-order valence-electron chi connectivity index (χ3n) is 5.51. The van der Waals surface area contributed by atoms with E-state index in [1.165, 1.54) is 0 Å². The van der Waals surface area contributed by atoms with Crippen LogP contribution >= 0.6 is 0 Å². The molecule has 3 amide bonds. The highest BCUT2D eigenvalue weighted by Gasteiger charge is 2.15. The van der Waals surface area contributed by atoms with E-state index in [2.05, 4.69) is 33.3 Å². The molecule has 0 fully saturated rings. The molecule has 0 aliphatic rings. The van der Waals surface area contributed by atoms with Crippen molar-refractivity contribution < 1.29 is 14.4 Å². The number of rotatable bonds is 7. The van der Waals surface area contributed by atoms with Crippen LogP contribution in [0.1, 0.15) is 53.8 Å². The summed E-state index contributed by atoms with van der Waals surface area (Å²) in [6, 6.07) is 13.6. The molecule has 7 nitrogen and oxygen atoms in total. The Kier molecular flexibility index (Phi) is 7.30. The zero-order valence-corrected chi connectivity index (χ0v) is 19.0. The van der Waals surface area contributed by atoms with E-state index in [-0.39, 0.29) is 37.1 Å². The van der Waals surface area contributed by atoms with Crippen LogP contribution in [0, 0.1) is 20.8 Å². The van der Waals surface area contributed by atoms with Gasteiger partial charge in [0.2, 0.25) is 17.7 Å². The Hall–Kier alpha value is -3.61. The largest absolute Gasteiger partial charge is 0.358 e. The summed E-state index contributed by atoms with van der Waals surface area (Å²) < 4.78 is 0. The molecular weight excluding hydrogens is 404 g/mol. The quantitative estimate of drug-likeness (QED) is 0.428. The van der Waals surface area contributed by atoms with Crippen LogP contribution in [0.15, 0.2) is 42.5 Å². The second-order valence-corrected chi connectivity index (χ2v) is 8.21. The molecule has 0 saturated heterocycles. The Morgan fingerprint density at radius 2 is 1.56 bits per heavy atom. The van der Waals surface area contributed by atoms with E-state index >= 15 is 0 Å². The van der Waals surface area contributed by atoms with Gasteiger partial charge in [-0.15, -0.1) is 0 Å². The molecule has 32 heavy (non-hydrogen) atoms. The Morgan fingerprint density at radius 3 is 2.28 bits per heavy atom. The zero-order chi connectivity index (χ0) is 23.3. The fourth-order valence-corrected chi connectivity index (χ4v) is 3.84. The molecule has 0 radical (unpaired) electrons. The maximum Gasteiger partial charge on any atom is 0.242 e. The minimum absolute atomic E-state index is 0.0157. The van der Waals surface area contributed by atoms with E-state index in [1.54, 1.807) is 0 Å². The van der Waals surface area contributed by atoms with E-state index in [9.17, 15) is 14.4 Å². The van der Waals surface area contributed by atoms with Crippen LogP contribution in [0.25, 0.3) is 10.9 Å². The van der Waals surface area contributed by atoms with Gasteiger partial charge in [-0.05, 0) is 50.5 Å². The second-order valence-electron chi connectivity index (χ2n) is 8.21. The molecule has 0 saturated carbocycles. The standard InChI is InChI=1S/C25H30N4O3/c1-15-12-16(2)25-21(13-15)20(18(4)27-25)14-24(32)29-28-23(31)11-10-22(30)26-17(3)19-8-6-5-7-9-19/h5-9,12-13,17,27H,10-11,14H2,1-4H3,(H,26,30)(H,28,31)(H,29,32)/t17-/m0/s1. The van der Waals surface area contributed by atoms with Gasteiger partial charge in [-0.25, -0.2) is 0 Å². The molecule has 2 aromatic carbocycles. The van der Waals surface area contributed by atoms with Gasteiger partial charge in [-0.1, -0.05) is 42.0 Å². The van der Waals surface area contributed by atoms with Crippen molar-refractivity contribution in [1.82, 2.24) is 21.2 Å². The zero-order valence-electron chi connectivity index (χ0n) is 19.0. The van der Waals surface area contributed by atoms with E-state index < -0.39 is 5.91 Å². The lowest BCUT2D eigenvalue weighted by Gasteiger charge is -2.14. The van der Waals surface area contributed by atoms with Crippen molar-refractivity contribution in [3.05, 3.63) is 70.4 Å². The minimum Gasteiger partial charge on any atom is -0.358 e. The number of nitrogens with one attached hydrogen (secondary N) is 4. The van der Waals surface area contributed by atoms with Crippen molar-refractivity contribution in [2.45, 2.75) is 53.0 Å². The van der Waals surface area contributed by atoms with Gasteiger partial charge in [-0.2, -0.15) is 0 Å². The molecule has 0 spiro atoms. The fraction of sp³-hybridized carbons (Fsp3) is 0.320. The van der Waals surface area contributed by atoms with Gasteiger partial charge < -0.3 is 10.3 Å². The van der Waals surface area contributed by atoms with E-state index in [0.29, 0.717) is 0 Å². The number of aromatic amines is 1. The highest BCUT2D eigenvalue weighted by Crippen LogP contribution is 2.26. The lowest BCUT2D eigenvalue weighted by Crippen LogP contribution is -2.42. The van der Waals surface area contributed by atoms with Crippen LogP contribution in [0.3, 0.4) is 0 Å². The Morgan fingerprint density at radius 1 is 0.906 bits per heavy atom. The molecule has 3 rings (SSSR count). The number of carbonyl (C=O) groups is 3. The molecule has 7 heteroatoms. The van der Waals surface area contributed by atoms with Crippen LogP contribution in [-0.2, 0) is 20.8 Å². The number of hydrogen-bond donors (Lipinski definition) is 4. The number of H-pyrrole nitrogens is 1. The SMILES string of the molecule is Cc1cc(C)c2[nH]c(C)c(CC(=O)NNC(=O)CCC(=O)N[C@@H](C)c3ccccc3)c2c1. The molecule has 0 unspecified atom stereocenters. The summed E-state index contributed by atoms with van der Waals surface area (Å²) in [5.41, 5.74) is 11.0. The van der Waals surface area contributed by atoms with Gasteiger partial charge in [0.25, 0.3) is 0 Å². The van der Waals surface area contributed by atoms with Crippen molar-refractivity contribution in [2.75, 3.05) is 0 Å². The van der Waals surface area contributed by atoms with Crippen molar-refractivity contribution in [1.29, 1.82) is 0 Å². The normalized spacial score (nSPS) is 11.8. The van der Waals surface area contributed by atoms with Gasteiger partial charge in [0.05, 0.1) is 12.5 Å². The van der Waals surface area contributed by atoms with Crippen LogP contribution in [0.2, 0.25) is 0 Å². The molecule has 1 aromatic heterocycles. The van der Waals surface area contributed by atoms with Gasteiger partial charge in [0.15, 0.2) is 0 Å². The number of aryl methyl sites for hydroxylation is 3. The predicted molar refractivity (Wildman–Crippen MR) is 125 cm³/mol. The average molecular weight is 435 g/mol. The molecule has 0 bridgehead atoms. The van der Waals surface area contributed by atoms with Crippen LogP contribution in [0.5, 0.6) is 0 Å². The molecular formula is C25H30N4O3. The fourth-order valence-electron chi connectivity index (χ4n) is 3.84. The maximum absolute atomic E-state index is 12.4. The van der Waals surface area contributed by atoms with Crippen LogP contribution in [-0.4, -0.2) is 22.7 Å². The van der Waals surface area contributed by atoms with Crippen LogP contribution in [0.4, 0.5) is 0 Å². The second kappa shape index (κ2) is 10.1. The first-order chi connectivity index (χ1) is 15.2. The van der Waals surface area contributed by atoms with Crippen molar-refractivity contribution in [3.63, 3.8) is 0 Å². The lowest BCUT2D eigenvalue weighted by molar-refractivity contribution is -0.130. The summed E-state index contributed by atoms with van der Waals surface area (Å²) in [6.45, 7) is 7.88. The molecule has 1 atom stereocenters. The van der Waals surface area contributed by atoms with Crippen molar-refractivity contribution in [3.8, 4) is 0 Å². The molecule has 0 aliphatic heterocycles. The van der Waals surface area contributed by atoms with Gasteiger partial charge in [0.1, 0.15) is 0 Å². The number of benzene rings is 2. The van der Waals surface area contributed by atoms with Crippen molar-refractivity contribution in [2.24, 2.45) is 0 Å². The third kappa shape index (κ3) is 5.75. The minimum atomic E-state index is -0.414. The Bertz CT molecular complexity index is 1140. The Balaban J connectivity index is 1.46. The first-order valence-electron chi connectivity index (χ1n) is 10.7. The topological polar surface area (TPSA) is 103 Å². The van der Waals surface area contributed by atoms with Gasteiger partial charge in [-0.3, -0.25) is 25.2 Å². The summed E-state index contributed by atoms with van der Waals surface area (Å²) in [6.07, 6.45) is 0.168. The van der Waals surface area contributed by atoms with Gasteiger partial charge >= 0.3 is 0 Å². The summed E-state index contributed by atoms with van der Waals surface area (Å²) in [5, 5.41) is 3.89. The van der Waals surface area contributed by atoms with Gasteiger partial charge in [0, 0.05) is 29.4 Å². The predicted octanol–water partition coefficient (Wildman–Crippen LogP) is 3.44. The number of amides is 3. The third-order valence-corrected chi connectivity index (χ3v) is 5.51. The first-order valence-corrected chi connectivity index (χ1v) is 10.7. The molecule has 4 N–H and O–H groups in total. The van der Waals surface area contributed by atoms with Crippen LogP contribution < -0.4 is 16.2 Å². The highest BCUT2D eigenvalue weighted by atomic mass is 16.2. The van der Waals surface area contributed by atoms with Crippen molar-refractivity contribution >= 4 is 28.6 Å². The smallest absolute Gasteiger partial charge is 0.242 e. The lowest BCUT2D eigenvalue weighted by atomic mass is 10.0. The number of fused-ring (bicyclic) bond motifs is 1. The number of aromatic nitrogens is 1. The maximum atomic E-state index is 12.4. The summed E-state index contributed by atoms with van der Waals surface area (Å²) in [5.74, 6) is -0.949. The number of carbonyl (C=O) groups excluding carboxylic acids is 3. The first kappa shape index (κ1) is 23.1. The monoisotopic (exact) mass is 434 g/mol. The average Bonchev–Trinajstić information content (AvgIpc) is 3.07. The highest BCUT2D eigenvalue weighted by molar-refractivity contribution is 5.93. The summed E-state index contributed by atoms with van der Waals surface area (Å²) >= 11 is 0.